The van der Waals surface area contributed by atoms with Crippen molar-refractivity contribution < 1.29 is 12.9 Å². The molecule has 0 aliphatic carbocycles. The van der Waals surface area contributed by atoms with E-state index < -0.39 is 17.5 Å². The number of hydrogen-bond donors (Lipinski definition) is 0. The Labute approximate surface area is 93.1 Å². The Hall–Kier alpha value is 0.0200. The zero-order valence-corrected chi connectivity index (χ0v) is 9.87. The average Bonchev–Trinajstić information content (AvgIpc) is 2.04. The Morgan fingerprint density at radius 2 is 2.00 bits per heavy atom. The lowest BCUT2D eigenvalue weighted by atomic mass is 10.1. The highest BCUT2D eigenvalue weighted by molar-refractivity contribution is 14.1. The maximum Gasteiger partial charge on any atom is 0.0959 e. The van der Waals surface area contributed by atoms with E-state index in [0.29, 0.717) is 0 Å². The van der Waals surface area contributed by atoms with Crippen LogP contribution >= 0.6 is 22.6 Å². The van der Waals surface area contributed by atoms with E-state index in [-0.39, 0.29) is 0 Å². The average molecular weight is 311 g/mol. The summed E-state index contributed by atoms with van der Waals surface area (Å²) < 4.78 is 26.2. The zero-order valence-electron chi connectivity index (χ0n) is 6.90. The lowest BCUT2D eigenvalue weighted by Gasteiger charge is -2.14. The first-order chi connectivity index (χ1) is 6.09. The summed E-state index contributed by atoms with van der Waals surface area (Å²) in [5, 5.41) is 0. The van der Waals surface area contributed by atoms with Crippen LogP contribution in [0.2, 0.25) is 0 Å². The summed E-state index contributed by atoms with van der Waals surface area (Å²) in [5.41, 5.74) is 0.851. The molecule has 2 unspecified atom stereocenters. The fourth-order valence-electron chi connectivity index (χ4n) is 0.907. The summed E-state index contributed by atoms with van der Waals surface area (Å²) in [7, 11) is 0. The van der Waals surface area contributed by atoms with Gasteiger partial charge in [-0.05, 0) is 47.2 Å². The molecule has 1 rings (SSSR count). The smallest absolute Gasteiger partial charge is 0.0959 e. The SMILES string of the molecule is CC(OS(=O)[O-])c1ccc(I)cc1. The molecular formula is C8H8IO3S-. The van der Waals surface area contributed by atoms with Gasteiger partial charge in [-0.15, -0.1) is 0 Å². The third kappa shape index (κ3) is 3.72. The molecule has 0 N–H and O–H groups in total. The van der Waals surface area contributed by atoms with Crippen molar-refractivity contribution in [3.63, 3.8) is 0 Å². The van der Waals surface area contributed by atoms with Crippen LogP contribution in [0.3, 0.4) is 0 Å². The largest absolute Gasteiger partial charge is 0.750 e. The van der Waals surface area contributed by atoms with Crippen LogP contribution in [-0.4, -0.2) is 8.76 Å². The zero-order chi connectivity index (χ0) is 9.84. The molecule has 0 fully saturated rings. The van der Waals surface area contributed by atoms with Gasteiger partial charge in [0.2, 0.25) is 0 Å². The normalized spacial score (nSPS) is 15.3. The third-order valence-corrected chi connectivity index (χ3v) is 2.73. The van der Waals surface area contributed by atoms with Gasteiger partial charge in [0.15, 0.2) is 0 Å². The first-order valence-corrected chi connectivity index (χ1v) is 5.69. The van der Waals surface area contributed by atoms with Gasteiger partial charge in [-0.2, -0.15) is 0 Å². The molecule has 0 spiro atoms. The minimum Gasteiger partial charge on any atom is -0.750 e. The van der Waals surface area contributed by atoms with Crippen molar-refractivity contribution in [2.45, 2.75) is 13.0 Å². The van der Waals surface area contributed by atoms with Gasteiger partial charge < -0.3 is 4.55 Å². The standard InChI is InChI=1S/C8H9IO3S/c1-6(12-13(10)11)7-2-4-8(9)5-3-7/h2-6H,1H3,(H,10,11)/p-1. The van der Waals surface area contributed by atoms with Gasteiger partial charge in [0.25, 0.3) is 0 Å². The third-order valence-electron chi connectivity index (χ3n) is 1.56. The van der Waals surface area contributed by atoms with E-state index in [1.165, 1.54) is 0 Å². The van der Waals surface area contributed by atoms with Gasteiger partial charge in [0, 0.05) is 3.57 Å². The van der Waals surface area contributed by atoms with Crippen LogP contribution in [0, 0.1) is 3.57 Å². The second-order valence-corrected chi connectivity index (χ2v) is 4.34. The molecule has 3 nitrogen and oxygen atoms in total. The molecule has 13 heavy (non-hydrogen) atoms. The fraction of sp³-hybridized carbons (Fsp3) is 0.250. The Kier molecular flexibility index (Phi) is 4.30. The van der Waals surface area contributed by atoms with Crippen molar-refractivity contribution in [1.82, 2.24) is 0 Å². The van der Waals surface area contributed by atoms with Crippen LogP contribution in [0.25, 0.3) is 0 Å². The van der Waals surface area contributed by atoms with E-state index in [2.05, 4.69) is 26.8 Å². The Morgan fingerprint density at radius 1 is 1.46 bits per heavy atom. The van der Waals surface area contributed by atoms with Crippen LogP contribution in [-0.2, 0) is 15.5 Å². The summed E-state index contributed by atoms with van der Waals surface area (Å²) in [6, 6.07) is 7.51. The topological polar surface area (TPSA) is 49.4 Å². The van der Waals surface area contributed by atoms with Crippen LogP contribution in [0.5, 0.6) is 0 Å². The maximum absolute atomic E-state index is 10.2. The van der Waals surface area contributed by atoms with Crippen LogP contribution < -0.4 is 0 Å². The maximum atomic E-state index is 10.2. The molecule has 0 saturated heterocycles. The fourth-order valence-corrected chi connectivity index (χ4v) is 1.61. The van der Waals surface area contributed by atoms with Gasteiger partial charge in [0.05, 0.1) is 17.5 Å². The van der Waals surface area contributed by atoms with E-state index in [4.69, 9.17) is 0 Å². The van der Waals surface area contributed by atoms with Crippen LogP contribution in [0.4, 0.5) is 0 Å². The molecule has 1 aromatic carbocycles. The van der Waals surface area contributed by atoms with E-state index in [1.807, 2.05) is 24.3 Å². The van der Waals surface area contributed by atoms with Crippen molar-refractivity contribution >= 4 is 34.0 Å². The van der Waals surface area contributed by atoms with Gasteiger partial charge in [-0.25, -0.2) is 4.21 Å². The summed E-state index contributed by atoms with van der Waals surface area (Å²) in [4.78, 5) is 0. The van der Waals surface area contributed by atoms with Gasteiger partial charge in [0.1, 0.15) is 0 Å². The summed E-state index contributed by atoms with van der Waals surface area (Å²) in [6.45, 7) is 1.69. The highest BCUT2D eigenvalue weighted by Gasteiger charge is 2.04. The van der Waals surface area contributed by atoms with E-state index in [0.717, 1.165) is 9.13 Å². The quantitative estimate of drug-likeness (QED) is 0.635. The summed E-state index contributed by atoms with van der Waals surface area (Å²) in [6.07, 6.45) is -0.421. The first kappa shape index (κ1) is 11.1. The Morgan fingerprint density at radius 3 is 2.46 bits per heavy atom. The predicted octanol–water partition coefficient (Wildman–Crippen LogP) is 2.16. The second-order valence-electron chi connectivity index (χ2n) is 2.49. The molecule has 72 valence electrons. The number of rotatable bonds is 3. The molecule has 1 aromatic rings. The van der Waals surface area contributed by atoms with Crippen molar-refractivity contribution in [1.29, 1.82) is 0 Å². The molecule has 2 atom stereocenters. The van der Waals surface area contributed by atoms with Gasteiger partial charge in [-0.1, -0.05) is 12.1 Å². The highest BCUT2D eigenvalue weighted by Crippen LogP contribution is 2.18. The number of benzene rings is 1. The molecule has 0 amide bonds. The molecule has 0 aliphatic heterocycles. The lowest BCUT2D eigenvalue weighted by molar-refractivity contribution is 0.223. The minimum absolute atomic E-state index is 0.421. The second kappa shape index (κ2) is 5.04. The van der Waals surface area contributed by atoms with E-state index in [9.17, 15) is 8.76 Å². The Bertz CT molecular complexity index is 299. The molecule has 0 aromatic heterocycles. The number of hydrogen-bond acceptors (Lipinski definition) is 3. The molecular weight excluding hydrogens is 303 g/mol. The molecule has 0 aliphatic rings. The highest BCUT2D eigenvalue weighted by atomic mass is 127. The van der Waals surface area contributed by atoms with E-state index in [1.54, 1.807) is 6.92 Å². The Balaban J connectivity index is 2.71. The first-order valence-electron chi connectivity index (χ1n) is 3.61. The van der Waals surface area contributed by atoms with E-state index >= 15 is 0 Å². The van der Waals surface area contributed by atoms with Crippen molar-refractivity contribution in [3.8, 4) is 0 Å². The summed E-state index contributed by atoms with van der Waals surface area (Å²) >= 11 is -0.271. The van der Waals surface area contributed by atoms with Crippen LogP contribution in [0.15, 0.2) is 24.3 Å². The summed E-state index contributed by atoms with van der Waals surface area (Å²) in [5.74, 6) is 0. The van der Waals surface area contributed by atoms with Crippen molar-refractivity contribution in [2.24, 2.45) is 0 Å². The van der Waals surface area contributed by atoms with Crippen molar-refractivity contribution in [2.75, 3.05) is 0 Å². The predicted molar refractivity (Wildman–Crippen MR) is 57.6 cm³/mol. The van der Waals surface area contributed by atoms with Gasteiger partial charge in [-0.3, -0.25) is 4.18 Å². The molecule has 0 radical (unpaired) electrons. The number of halogens is 1. The van der Waals surface area contributed by atoms with Crippen LogP contribution in [0.1, 0.15) is 18.6 Å². The van der Waals surface area contributed by atoms with Gasteiger partial charge >= 0.3 is 0 Å². The molecule has 0 heterocycles. The molecule has 0 saturated carbocycles. The lowest BCUT2D eigenvalue weighted by Crippen LogP contribution is -2.02. The molecule has 5 heteroatoms. The molecule has 0 bridgehead atoms. The van der Waals surface area contributed by atoms with Crippen molar-refractivity contribution in [3.05, 3.63) is 33.4 Å². The minimum atomic E-state index is -2.45. The monoisotopic (exact) mass is 311 g/mol.